The largest absolute Gasteiger partial charge is 0.456 e. The Morgan fingerprint density at radius 2 is 2.33 bits per heavy atom. The Labute approximate surface area is 89.2 Å². The summed E-state index contributed by atoms with van der Waals surface area (Å²) < 4.78 is 15.7. The van der Waals surface area contributed by atoms with Crippen LogP contribution >= 0.6 is 0 Å². The first-order valence-electron chi connectivity index (χ1n) is 5.12. The highest BCUT2D eigenvalue weighted by molar-refractivity contribution is 5.87. The molecule has 0 aromatic heterocycles. The van der Waals surface area contributed by atoms with E-state index in [2.05, 4.69) is 6.58 Å². The molecular formula is C11H16O4. The van der Waals surface area contributed by atoms with E-state index in [1.54, 1.807) is 6.92 Å². The van der Waals surface area contributed by atoms with Crippen LogP contribution in [0.4, 0.5) is 0 Å². The van der Waals surface area contributed by atoms with Gasteiger partial charge < -0.3 is 14.2 Å². The molecule has 2 heterocycles. The minimum atomic E-state index is -0.347. The van der Waals surface area contributed by atoms with E-state index in [1.165, 1.54) is 0 Å². The Bertz CT molecular complexity index is 289. The van der Waals surface area contributed by atoms with E-state index in [0.29, 0.717) is 18.6 Å². The molecule has 0 bridgehead atoms. The molecule has 2 aliphatic rings. The number of hydrogen-bond acceptors (Lipinski definition) is 4. The highest BCUT2D eigenvalue weighted by Crippen LogP contribution is 2.35. The summed E-state index contributed by atoms with van der Waals surface area (Å²) in [6, 6.07) is 0. The lowest BCUT2D eigenvalue weighted by atomic mass is 10.0. The summed E-state index contributed by atoms with van der Waals surface area (Å²) in [5.74, 6) is -0.347. The first kappa shape index (κ1) is 10.6. The van der Waals surface area contributed by atoms with Gasteiger partial charge in [-0.15, -0.1) is 0 Å². The molecule has 15 heavy (non-hydrogen) atoms. The zero-order chi connectivity index (χ0) is 11.1. The number of rotatable bonds is 5. The fraction of sp³-hybridized carbons (Fsp3) is 0.727. The Morgan fingerprint density at radius 3 is 2.73 bits per heavy atom. The molecule has 2 saturated heterocycles. The molecule has 0 aromatic rings. The number of carbonyl (C=O) groups excluding carboxylic acids is 1. The number of epoxide rings is 2. The maximum absolute atomic E-state index is 11.4. The summed E-state index contributed by atoms with van der Waals surface area (Å²) in [4.78, 5) is 11.4. The average Bonchev–Trinajstić information content (AvgIpc) is 2.99. The molecule has 2 rings (SSSR count). The van der Waals surface area contributed by atoms with Crippen LogP contribution in [0.3, 0.4) is 0 Å². The second-order valence-electron chi connectivity index (χ2n) is 4.54. The Morgan fingerprint density at radius 1 is 1.73 bits per heavy atom. The van der Waals surface area contributed by atoms with Gasteiger partial charge in [0.1, 0.15) is 12.2 Å². The third kappa shape index (κ3) is 2.79. The summed E-state index contributed by atoms with van der Waals surface area (Å²) in [6.07, 6.45) is 0.562. The van der Waals surface area contributed by atoms with E-state index in [-0.39, 0.29) is 23.8 Å². The lowest BCUT2D eigenvalue weighted by Gasteiger charge is -2.17. The molecule has 84 valence electrons. The van der Waals surface area contributed by atoms with Gasteiger partial charge in [-0.1, -0.05) is 6.58 Å². The summed E-state index contributed by atoms with van der Waals surface area (Å²) >= 11 is 0. The molecule has 0 amide bonds. The monoisotopic (exact) mass is 212 g/mol. The molecule has 2 aliphatic heterocycles. The SMILES string of the molecule is C=C(C)C(=O)OC(CC1(C)CO1)C1CO1. The molecule has 0 saturated carbocycles. The Balaban J connectivity index is 1.88. The molecule has 4 heteroatoms. The molecule has 0 spiro atoms. The van der Waals surface area contributed by atoms with Crippen molar-refractivity contribution in [2.24, 2.45) is 0 Å². The number of carbonyl (C=O) groups is 1. The first-order valence-corrected chi connectivity index (χ1v) is 5.12. The fourth-order valence-electron chi connectivity index (χ4n) is 1.42. The van der Waals surface area contributed by atoms with Crippen molar-refractivity contribution in [3.8, 4) is 0 Å². The van der Waals surface area contributed by atoms with Crippen LogP contribution in [-0.2, 0) is 19.0 Å². The van der Waals surface area contributed by atoms with Gasteiger partial charge in [0.25, 0.3) is 0 Å². The van der Waals surface area contributed by atoms with Crippen molar-refractivity contribution in [1.29, 1.82) is 0 Å². The van der Waals surface area contributed by atoms with Gasteiger partial charge in [0, 0.05) is 12.0 Å². The van der Waals surface area contributed by atoms with E-state index in [1.807, 2.05) is 6.92 Å². The second-order valence-corrected chi connectivity index (χ2v) is 4.54. The highest BCUT2D eigenvalue weighted by Gasteiger charge is 2.47. The molecule has 0 aliphatic carbocycles. The topological polar surface area (TPSA) is 51.4 Å². The Hall–Kier alpha value is -0.870. The van der Waals surface area contributed by atoms with Crippen LogP contribution < -0.4 is 0 Å². The van der Waals surface area contributed by atoms with Gasteiger partial charge in [0.2, 0.25) is 0 Å². The molecule has 3 atom stereocenters. The van der Waals surface area contributed by atoms with Gasteiger partial charge in [-0.2, -0.15) is 0 Å². The third-order valence-electron chi connectivity index (χ3n) is 2.65. The summed E-state index contributed by atoms with van der Waals surface area (Å²) in [7, 11) is 0. The van der Waals surface area contributed by atoms with Crippen molar-refractivity contribution in [2.75, 3.05) is 13.2 Å². The minimum absolute atomic E-state index is 0.0503. The van der Waals surface area contributed by atoms with E-state index in [9.17, 15) is 4.79 Å². The van der Waals surface area contributed by atoms with E-state index in [4.69, 9.17) is 14.2 Å². The molecule has 4 nitrogen and oxygen atoms in total. The van der Waals surface area contributed by atoms with Crippen molar-refractivity contribution >= 4 is 5.97 Å². The molecule has 0 N–H and O–H groups in total. The van der Waals surface area contributed by atoms with Crippen LogP contribution in [0.1, 0.15) is 20.3 Å². The second kappa shape index (κ2) is 3.61. The smallest absolute Gasteiger partial charge is 0.333 e. The van der Waals surface area contributed by atoms with Crippen molar-refractivity contribution in [2.45, 2.75) is 38.1 Å². The van der Waals surface area contributed by atoms with Gasteiger partial charge in [-0.3, -0.25) is 0 Å². The van der Waals surface area contributed by atoms with Crippen LogP contribution in [0.25, 0.3) is 0 Å². The van der Waals surface area contributed by atoms with Crippen molar-refractivity contribution in [3.05, 3.63) is 12.2 Å². The van der Waals surface area contributed by atoms with Crippen molar-refractivity contribution in [1.82, 2.24) is 0 Å². The van der Waals surface area contributed by atoms with E-state index < -0.39 is 0 Å². The maximum atomic E-state index is 11.4. The quantitative estimate of drug-likeness (QED) is 0.388. The summed E-state index contributed by atoms with van der Waals surface area (Å²) in [5.41, 5.74) is 0.300. The van der Waals surface area contributed by atoms with Crippen LogP contribution in [0.2, 0.25) is 0 Å². The molecule has 2 fully saturated rings. The molecule has 3 unspecified atom stereocenters. The van der Waals surface area contributed by atoms with Crippen molar-refractivity contribution < 1.29 is 19.0 Å². The molecule has 0 radical (unpaired) electrons. The lowest BCUT2D eigenvalue weighted by Crippen LogP contribution is -2.29. The zero-order valence-corrected chi connectivity index (χ0v) is 9.12. The fourth-order valence-corrected chi connectivity index (χ4v) is 1.42. The van der Waals surface area contributed by atoms with E-state index in [0.717, 1.165) is 6.61 Å². The normalized spacial score (nSPS) is 34.4. The standard InChI is InChI=1S/C11H16O4/c1-7(2)10(12)15-8(9-5-13-9)4-11(3)6-14-11/h8-9H,1,4-6H2,2-3H3. The van der Waals surface area contributed by atoms with Crippen LogP contribution in [0, 0.1) is 0 Å². The van der Waals surface area contributed by atoms with Crippen LogP contribution in [0.15, 0.2) is 12.2 Å². The van der Waals surface area contributed by atoms with Crippen molar-refractivity contribution in [3.63, 3.8) is 0 Å². The minimum Gasteiger partial charge on any atom is -0.456 e. The Kier molecular flexibility index (Phi) is 2.56. The van der Waals surface area contributed by atoms with Gasteiger partial charge in [0.05, 0.1) is 18.8 Å². The van der Waals surface area contributed by atoms with Crippen LogP contribution in [0.5, 0.6) is 0 Å². The average molecular weight is 212 g/mol. The van der Waals surface area contributed by atoms with Gasteiger partial charge in [-0.05, 0) is 13.8 Å². The van der Waals surface area contributed by atoms with Gasteiger partial charge in [0.15, 0.2) is 0 Å². The zero-order valence-electron chi connectivity index (χ0n) is 9.12. The molecular weight excluding hydrogens is 196 g/mol. The van der Waals surface area contributed by atoms with Gasteiger partial charge in [-0.25, -0.2) is 4.79 Å². The van der Waals surface area contributed by atoms with E-state index >= 15 is 0 Å². The van der Waals surface area contributed by atoms with Crippen LogP contribution in [-0.4, -0.2) is 37.0 Å². The lowest BCUT2D eigenvalue weighted by molar-refractivity contribution is -0.146. The molecule has 0 aromatic carbocycles. The predicted molar refractivity (Wildman–Crippen MR) is 53.4 cm³/mol. The number of hydrogen-bond donors (Lipinski definition) is 0. The number of esters is 1. The third-order valence-corrected chi connectivity index (χ3v) is 2.65. The first-order chi connectivity index (χ1) is 7.00. The number of ether oxygens (including phenoxy) is 3. The van der Waals surface area contributed by atoms with Gasteiger partial charge >= 0.3 is 5.97 Å². The maximum Gasteiger partial charge on any atom is 0.333 e. The predicted octanol–water partition coefficient (Wildman–Crippen LogP) is 1.05. The highest BCUT2D eigenvalue weighted by atomic mass is 16.6. The summed E-state index contributed by atoms with van der Waals surface area (Å²) in [6.45, 7) is 8.61. The summed E-state index contributed by atoms with van der Waals surface area (Å²) in [5, 5.41) is 0.